The van der Waals surface area contributed by atoms with E-state index in [0.717, 1.165) is 29.7 Å². The molecule has 24 heavy (non-hydrogen) atoms. The summed E-state index contributed by atoms with van der Waals surface area (Å²) >= 11 is 0. The zero-order chi connectivity index (χ0) is 17.1. The number of H-pyrrole nitrogens is 1. The highest BCUT2D eigenvalue weighted by Crippen LogP contribution is 2.18. The van der Waals surface area contributed by atoms with E-state index < -0.39 is 0 Å². The minimum atomic E-state index is -0.285. The Kier molecular flexibility index (Phi) is 4.69. The van der Waals surface area contributed by atoms with Crippen LogP contribution in [0.2, 0.25) is 0 Å². The van der Waals surface area contributed by atoms with E-state index in [-0.39, 0.29) is 11.9 Å². The Morgan fingerprint density at radius 2 is 2.12 bits per heavy atom. The predicted octanol–water partition coefficient (Wildman–Crippen LogP) is 3.29. The average Bonchev–Trinajstić information content (AvgIpc) is 3.13. The predicted molar refractivity (Wildman–Crippen MR) is 96.0 cm³/mol. The van der Waals surface area contributed by atoms with Crippen molar-refractivity contribution in [3.8, 4) is 0 Å². The first-order valence-corrected chi connectivity index (χ1v) is 8.41. The van der Waals surface area contributed by atoms with Crippen LogP contribution in [0.15, 0.2) is 36.5 Å². The number of rotatable bonds is 6. The van der Waals surface area contributed by atoms with Gasteiger partial charge in [0.15, 0.2) is 0 Å². The molecule has 3 aromatic rings. The Labute approximate surface area is 142 Å². The van der Waals surface area contributed by atoms with E-state index in [9.17, 15) is 4.79 Å². The van der Waals surface area contributed by atoms with Gasteiger partial charge in [-0.05, 0) is 51.3 Å². The lowest BCUT2D eigenvalue weighted by Gasteiger charge is -2.14. The van der Waals surface area contributed by atoms with Gasteiger partial charge < -0.3 is 10.3 Å². The molecule has 0 bridgehead atoms. The van der Waals surface area contributed by atoms with E-state index in [4.69, 9.17) is 0 Å². The Balaban J connectivity index is 1.51. The van der Waals surface area contributed by atoms with E-state index >= 15 is 0 Å². The average molecular weight is 324 g/mol. The van der Waals surface area contributed by atoms with Crippen LogP contribution in [0, 0.1) is 13.8 Å². The molecule has 0 aliphatic carbocycles. The first kappa shape index (κ1) is 16.3. The van der Waals surface area contributed by atoms with E-state index in [0.29, 0.717) is 6.54 Å². The second kappa shape index (κ2) is 6.91. The lowest BCUT2D eigenvalue weighted by Crippen LogP contribution is -2.32. The van der Waals surface area contributed by atoms with Crippen LogP contribution in [-0.4, -0.2) is 27.2 Å². The molecule has 2 heterocycles. The van der Waals surface area contributed by atoms with Crippen molar-refractivity contribution < 1.29 is 4.79 Å². The third-order valence-electron chi connectivity index (χ3n) is 4.39. The maximum atomic E-state index is 12.3. The number of carbonyl (C=O) groups is 1. The van der Waals surface area contributed by atoms with Crippen molar-refractivity contribution in [2.75, 3.05) is 6.54 Å². The van der Waals surface area contributed by atoms with Gasteiger partial charge in [0.25, 0.3) is 0 Å². The zero-order valence-corrected chi connectivity index (χ0v) is 14.5. The van der Waals surface area contributed by atoms with Crippen LogP contribution in [0.25, 0.3) is 10.9 Å². The van der Waals surface area contributed by atoms with Gasteiger partial charge in [-0.25, -0.2) is 0 Å². The summed E-state index contributed by atoms with van der Waals surface area (Å²) in [5.74, 6) is 0.0140. The molecule has 1 amide bonds. The van der Waals surface area contributed by atoms with Crippen LogP contribution >= 0.6 is 0 Å². The molecular weight excluding hydrogens is 300 g/mol. The van der Waals surface area contributed by atoms with Gasteiger partial charge in [0.2, 0.25) is 5.91 Å². The molecule has 0 spiro atoms. The van der Waals surface area contributed by atoms with E-state index in [1.54, 1.807) is 4.68 Å². The summed E-state index contributed by atoms with van der Waals surface area (Å²) in [5.41, 5.74) is 4.40. The van der Waals surface area contributed by atoms with Crippen molar-refractivity contribution in [3.63, 3.8) is 0 Å². The topological polar surface area (TPSA) is 62.7 Å². The van der Waals surface area contributed by atoms with E-state index in [1.807, 2.05) is 32.9 Å². The maximum Gasteiger partial charge on any atom is 0.244 e. The van der Waals surface area contributed by atoms with Gasteiger partial charge in [-0.15, -0.1) is 0 Å². The molecule has 126 valence electrons. The molecule has 2 N–H and O–H groups in total. The fourth-order valence-corrected chi connectivity index (χ4v) is 3.13. The number of aromatic amines is 1. The molecule has 0 aliphatic rings. The van der Waals surface area contributed by atoms with Crippen LogP contribution in [0.5, 0.6) is 0 Å². The van der Waals surface area contributed by atoms with Gasteiger partial charge in [0, 0.05) is 29.3 Å². The third kappa shape index (κ3) is 3.35. The summed E-state index contributed by atoms with van der Waals surface area (Å²) in [6, 6.07) is 10.00. The smallest absolute Gasteiger partial charge is 0.244 e. The van der Waals surface area contributed by atoms with Gasteiger partial charge in [-0.1, -0.05) is 18.2 Å². The van der Waals surface area contributed by atoms with Crippen molar-refractivity contribution in [2.45, 2.75) is 39.7 Å². The van der Waals surface area contributed by atoms with Crippen molar-refractivity contribution >= 4 is 16.8 Å². The minimum absolute atomic E-state index is 0.0140. The molecule has 0 fully saturated rings. The Bertz CT molecular complexity index is 846. The summed E-state index contributed by atoms with van der Waals surface area (Å²) in [5, 5.41) is 8.67. The molecule has 1 unspecified atom stereocenters. The van der Waals surface area contributed by atoms with Crippen LogP contribution < -0.4 is 5.32 Å². The minimum Gasteiger partial charge on any atom is -0.361 e. The third-order valence-corrected chi connectivity index (χ3v) is 4.39. The molecule has 1 atom stereocenters. The molecule has 0 radical (unpaired) electrons. The van der Waals surface area contributed by atoms with Crippen molar-refractivity contribution in [2.24, 2.45) is 0 Å². The highest BCUT2D eigenvalue weighted by Gasteiger charge is 2.17. The fraction of sp³-hybridized carbons (Fsp3) is 0.368. The summed E-state index contributed by atoms with van der Waals surface area (Å²) in [7, 11) is 0. The number of aryl methyl sites for hydroxylation is 3. The maximum absolute atomic E-state index is 12.3. The second-order valence-electron chi connectivity index (χ2n) is 6.30. The number of para-hydroxylation sites is 1. The normalized spacial score (nSPS) is 12.5. The number of benzene rings is 1. The zero-order valence-electron chi connectivity index (χ0n) is 14.5. The highest BCUT2D eigenvalue weighted by molar-refractivity contribution is 5.83. The number of carbonyl (C=O) groups excluding carboxylic acids is 1. The Morgan fingerprint density at radius 1 is 1.33 bits per heavy atom. The lowest BCUT2D eigenvalue weighted by atomic mass is 10.1. The molecule has 5 heteroatoms. The van der Waals surface area contributed by atoms with Gasteiger partial charge in [-0.2, -0.15) is 5.10 Å². The highest BCUT2D eigenvalue weighted by atomic mass is 16.2. The number of amides is 1. The van der Waals surface area contributed by atoms with Crippen molar-refractivity contribution in [3.05, 3.63) is 53.5 Å². The van der Waals surface area contributed by atoms with E-state index in [2.05, 4.69) is 39.8 Å². The lowest BCUT2D eigenvalue weighted by molar-refractivity contribution is -0.124. The fourth-order valence-electron chi connectivity index (χ4n) is 3.13. The molecule has 0 aliphatic heterocycles. The van der Waals surface area contributed by atoms with Crippen molar-refractivity contribution in [1.82, 2.24) is 20.1 Å². The van der Waals surface area contributed by atoms with Gasteiger partial charge in [0.05, 0.1) is 5.69 Å². The number of fused-ring (bicyclic) bond motifs is 1. The standard InChI is InChI=1S/C19H24N4O/c1-13-11-14(2)23(22-13)15(3)19(24)20-10-6-7-16-12-21-18-9-5-4-8-17(16)18/h4-5,8-9,11-12,15,21H,6-7,10H2,1-3H3,(H,20,24). The summed E-state index contributed by atoms with van der Waals surface area (Å²) in [4.78, 5) is 15.6. The molecule has 5 nitrogen and oxygen atoms in total. The van der Waals surface area contributed by atoms with Crippen LogP contribution in [-0.2, 0) is 11.2 Å². The molecular formula is C19H24N4O. The monoisotopic (exact) mass is 324 g/mol. The molecule has 0 saturated carbocycles. The molecule has 1 aromatic carbocycles. The van der Waals surface area contributed by atoms with Crippen LogP contribution in [0.1, 0.15) is 36.3 Å². The summed E-state index contributed by atoms with van der Waals surface area (Å²) < 4.78 is 1.78. The number of hydrogen-bond donors (Lipinski definition) is 2. The Morgan fingerprint density at radius 3 is 2.88 bits per heavy atom. The molecule has 2 aromatic heterocycles. The first-order chi connectivity index (χ1) is 11.6. The van der Waals surface area contributed by atoms with Gasteiger partial charge in [0.1, 0.15) is 6.04 Å². The number of nitrogens with one attached hydrogen (secondary N) is 2. The largest absolute Gasteiger partial charge is 0.361 e. The molecule has 0 saturated heterocycles. The Hall–Kier alpha value is -2.56. The SMILES string of the molecule is Cc1cc(C)n(C(C)C(=O)NCCCc2c[nH]c3ccccc23)n1. The number of aromatic nitrogens is 3. The van der Waals surface area contributed by atoms with Crippen LogP contribution in [0.4, 0.5) is 0 Å². The van der Waals surface area contributed by atoms with Gasteiger partial charge in [-0.3, -0.25) is 9.48 Å². The van der Waals surface area contributed by atoms with Gasteiger partial charge >= 0.3 is 0 Å². The van der Waals surface area contributed by atoms with E-state index in [1.165, 1.54) is 10.9 Å². The molecule has 3 rings (SSSR count). The summed E-state index contributed by atoms with van der Waals surface area (Å²) in [6.07, 6.45) is 3.92. The number of hydrogen-bond acceptors (Lipinski definition) is 2. The quantitative estimate of drug-likeness (QED) is 0.683. The van der Waals surface area contributed by atoms with Crippen LogP contribution in [0.3, 0.4) is 0 Å². The summed E-state index contributed by atoms with van der Waals surface area (Å²) in [6.45, 7) is 6.46. The second-order valence-corrected chi connectivity index (χ2v) is 6.30. The number of nitrogens with zero attached hydrogens (tertiary/aromatic N) is 2. The van der Waals surface area contributed by atoms with Crippen molar-refractivity contribution in [1.29, 1.82) is 0 Å². The first-order valence-electron chi connectivity index (χ1n) is 8.41.